The molecule has 1 heterocycles. The Balaban J connectivity index is 1.78. The highest BCUT2D eigenvalue weighted by Gasteiger charge is 2.00. The van der Waals surface area contributed by atoms with Gasteiger partial charge < -0.3 is 10.5 Å². The van der Waals surface area contributed by atoms with Gasteiger partial charge in [0.25, 0.3) is 0 Å². The van der Waals surface area contributed by atoms with Crippen molar-refractivity contribution in [1.82, 2.24) is 9.78 Å². The van der Waals surface area contributed by atoms with E-state index >= 15 is 0 Å². The van der Waals surface area contributed by atoms with Gasteiger partial charge in [-0.15, -0.1) is 0 Å². The summed E-state index contributed by atoms with van der Waals surface area (Å²) in [5.41, 5.74) is 6.67. The number of benzene rings is 1. The van der Waals surface area contributed by atoms with Gasteiger partial charge in [-0.25, -0.2) is 0 Å². The second-order valence-electron chi connectivity index (χ2n) is 4.12. The minimum absolute atomic E-state index is 0.555. The Morgan fingerprint density at radius 3 is 2.89 bits per heavy atom. The molecule has 0 saturated carbocycles. The highest BCUT2D eigenvalue weighted by Crippen LogP contribution is 2.22. The highest BCUT2D eigenvalue weighted by atomic mass is 79.9. The molecule has 4 nitrogen and oxygen atoms in total. The minimum atomic E-state index is 0.555. The van der Waals surface area contributed by atoms with Gasteiger partial charge in [-0.2, -0.15) is 5.10 Å². The zero-order chi connectivity index (χ0) is 13.0. The average molecular weight is 310 g/mol. The normalized spacial score (nSPS) is 10.6. The third-order valence-electron chi connectivity index (χ3n) is 2.59. The van der Waals surface area contributed by atoms with Crippen molar-refractivity contribution in [1.29, 1.82) is 0 Å². The lowest BCUT2D eigenvalue weighted by Crippen LogP contribution is -2.06. The fourth-order valence-electron chi connectivity index (χ4n) is 1.69. The Bertz CT molecular complexity index is 525. The number of hydrogen-bond donors (Lipinski definition) is 1. The molecule has 2 N–H and O–H groups in total. The molecule has 1 aromatic heterocycles. The van der Waals surface area contributed by atoms with Gasteiger partial charge in [0, 0.05) is 23.6 Å². The molecule has 0 saturated heterocycles. The molecule has 96 valence electrons. The van der Waals surface area contributed by atoms with Crippen molar-refractivity contribution in [2.75, 3.05) is 12.3 Å². The summed E-state index contributed by atoms with van der Waals surface area (Å²) in [5, 5.41) is 4.12. The van der Waals surface area contributed by atoms with Gasteiger partial charge in [0.1, 0.15) is 11.6 Å². The molecule has 2 rings (SSSR count). The Kier molecular flexibility index (Phi) is 4.25. The molecule has 18 heavy (non-hydrogen) atoms. The topological polar surface area (TPSA) is 53.1 Å². The fraction of sp³-hybridized carbons (Fsp3) is 0.308. The lowest BCUT2D eigenvalue weighted by molar-refractivity contribution is 0.297. The number of nitrogens with zero attached hydrogens (tertiary/aromatic N) is 2. The van der Waals surface area contributed by atoms with E-state index in [4.69, 9.17) is 10.5 Å². The van der Waals surface area contributed by atoms with Crippen molar-refractivity contribution in [3.05, 3.63) is 40.5 Å². The van der Waals surface area contributed by atoms with Crippen LogP contribution in [-0.2, 0) is 6.54 Å². The Labute approximate surface area is 115 Å². The number of anilines is 1. The van der Waals surface area contributed by atoms with Crippen LogP contribution in [0, 0.1) is 6.92 Å². The first-order chi connectivity index (χ1) is 8.65. The molecule has 0 aliphatic rings. The largest absolute Gasteiger partial charge is 0.493 e. The first-order valence-corrected chi connectivity index (χ1v) is 6.62. The maximum Gasteiger partial charge on any atom is 0.145 e. The molecular formula is C13H16BrN3O. The van der Waals surface area contributed by atoms with E-state index in [1.807, 2.05) is 36.0 Å². The van der Waals surface area contributed by atoms with Crippen LogP contribution in [0.1, 0.15) is 12.0 Å². The number of hydrogen-bond acceptors (Lipinski definition) is 3. The number of ether oxygens (including phenoxy) is 1. The Morgan fingerprint density at radius 2 is 2.22 bits per heavy atom. The van der Waals surface area contributed by atoms with E-state index in [0.717, 1.165) is 28.8 Å². The lowest BCUT2D eigenvalue weighted by Gasteiger charge is -2.09. The molecule has 0 aliphatic carbocycles. The van der Waals surface area contributed by atoms with E-state index in [2.05, 4.69) is 21.0 Å². The van der Waals surface area contributed by atoms with Crippen molar-refractivity contribution in [3.8, 4) is 5.75 Å². The van der Waals surface area contributed by atoms with Crippen molar-refractivity contribution in [2.45, 2.75) is 19.9 Å². The number of nitrogens with two attached hydrogens (primary N) is 1. The molecule has 0 atom stereocenters. The third-order valence-corrected chi connectivity index (χ3v) is 3.08. The summed E-state index contributed by atoms with van der Waals surface area (Å²) >= 11 is 3.43. The third kappa shape index (κ3) is 3.50. The predicted octanol–water partition coefficient (Wildman–Crippen LogP) is 3.01. The van der Waals surface area contributed by atoms with Crippen molar-refractivity contribution >= 4 is 21.7 Å². The molecule has 0 amide bonds. The number of aryl methyl sites for hydroxylation is 2. The smallest absolute Gasteiger partial charge is 0.145 e. The summed E-state index contributed by atoms with van der Waals surface area (Å²) in [4.78, 5) is 0. The maximum atomic E-state index is 5.73. The van der Waals surface area contributed by atoms with Gasteiger partial charge in [0.2, 0.25) is 0 Å². The first kappa shape index (κ1) is 13.0. The maximum absolute atomic E-state index is 5.73. The lowest BCUT2D eigenvalue weighted by atomic mass is 10.2. The molecule has 0 aliphatic heterocycles. The van der Waals surface area contributed by atoms with E-state index in [1.165, 1.54) is 0 Å². The molecule has 0 bridgehead atoms. The zero-order valence-electron chi connectivity index (χ0n) is 10.3. The summed E-state index contributed by atoms with van der Waals surface area (Å²) in [6, 6.07) is 7.80. The summed E-state index contributed by atoms with van der Waals surface area (Å²) in [5.74, 6) is 1.48. The molecule has 0 spiro atoms. The zero-order valence-corrected chi connectivity index (χ0v) is 11.9. The Morgan fingerprint density at radius 1 is 1.39 bits per heavy atom. The van der Waals surface area contributed by atoms with E-state index in [-0.39, 0.29) is 0 Å². The summed E-state index contributed by atoms with van der Waals surface area (Å²) in [7, 11) is 0. The fourth-order valence-corrected chi connectivity index (χ4v) is 2.16. The second-order valence-corrected chi connectivity index (χ2v) is 5.03. The van der Waals surface area contributed by atoms with Crippen LogP contribution in [0.25, 0.3) is 0 Å². The monoisotopic (exact) mass is 309 g/mol. The quantitative estimate of drug-likeness (QED) is 0.864. The van der Waals surface area contributed by atoms with E-state index < -0.39 is 0 Å². The van der Waals surface area contributed by atoms with Crippen LogP contribution in [-0.4, -0.2) is 16.4 Å². The molecule has 0 unspecified atom stereocenters. The van der Waals surface area contributed by atoms with Gasteiger partial charge in [0.15, 0.2) is 0 Å². The van der Waals surface area contributed by atoms with Crippen molar-refractivity contribution < 1.29 is 4.74 Å². The van der Waals surface area contributed by atoms with Crippen molar-refractivity contribution in [3.63, 3.8) is 0 Å². The molecule has 0 radical (unpaired) electrons. The van der Waals surface area contributed by atoms with Crippen LogP contribution in [0.2, 0.25) is 0 Å². The molecule has 5 heteroatoms. The molecular weight excluding hydrogens is 294 g/mol. The van der Waals surface area contributed by atoms with Gasteiger partial charge >= 0.3 is 0 Å². The number of nitrogen functional groups attached to an aromatic ring is 1. The number of aromatic nitrogens is 2. The highest BCUT2D eigenvalue weighted by molar-refractivity contribution is 9.10. The van der Waals surface area contributed by atoms with E-state index in [1.54, 1.807) is 6.07 Å². The second kappa shape index (κ2) is 5.91. The summed E-state index contributed by atoms with van der Waals surface area (Å²) < 4.78 is 8.62. The Hall–Kier alpha value is -1.49. The van der Waals surface area contributed by atoms with Crippen LogP contribution in [0.15, 0.2) is 34.9 Å². The molecule has 1 aromatic carbocycles. The number of halogens is 1. The standard InChI is InChI=1S/C13H16BrN3O/c1-10-9-11(14)3-4-12(10)18-8-2-6-17-7-5-13(15)16-17/h3-5,7,9H,2,6,8H2,1H3,(H2,15,16). The van der Waals surface area contributed by atoms with Crippen LogP contribution in [0.5, 0.6) is 5.75 Å². The van der Waals surface area contributed by atoms with Gasteiger partial charge in [-0.05, 0) is 36.8 Å². The van der Waals surface area contributed by atoms with Crippen LogP contribution in [0.4, 0.5) is 5.82 Å². The van der Waals surface area contributed by atoms with Gasteiger partial charge in [0.05, 0.1) is 6.61 Å². The molecule has 2 aromatic rings. The SMILES string of the molecule is Cc1cc(Br)ccc1OCCCn1ccc(N)n1. The summed E-state index contributed by atoms with van der Waals surface area (Å²) in [6.45, 7) is 3.52. The minimum Gasteiger partial charge on any atom is -0.493 e. The molecule has 0 fully saturated rings. The van der Waals surface area contributed by atoms with Gasteiger partial charge in [-0.1, -0.05) is 15.9 Å². The number of rotatable bonds is 5. The van der Waals surface area contributed by atoms with Crippen LogP contribution in [0.3, 0.4) is 0 Å². The van der Waals surface area contributed by atoms with Crippen LogP contribution < -0.4 is 10.5 Å². The first-order valence-electron chi connectivity index (χ1n) is 5.83. The summed E-state index contributed by atoms with van der Waals surface area (Å²) in [6.07, 6.45) is 2.77. The van der Waals surface area contributed by atoms with E-state index in [0.29, 0.717) is 12.4 Å². The van der Waals surface area contributed by atoms with Crippen LogP contribution >= 0.6 is 15.9 Å². The predicted molar refractivity (Wildman–Crippen MR) is 75.6 cm³/mol. The van der Waals surface area contributed by atoms with Crippen molar-refractivity contribution in [2.24, 2.45) is 0 Å². The van der Waals surface area contributed by atoms with E-state index in [9.17, 15) is 0 Å². The van der Waals surface area contributed by atoms with Gasteiger partial charge in [-0.3, -0.25) is 4.68 Å². The average Bonchev–Trinajstić information content (AvgIpc) is 2.73.